The van der Waals surface area contributed by atoms with Crippen LogP contribution in [0.15, 0.2) is 42.5 Å². The molecule has 0 spiro atoms. The first-order chi connectivity index (χ1) is 11.7. The smallest absolute Gasteiger partial charge is 0.255 e. The molecule has 0 saturated carbocycles. The zero-order valence-electron chi connectivity index (χ0n) is 14.2. The molecule has 3 N–H and O–H groups in total. The summed E-state index contributed by atoms with van der Waals surface area (Å²) < 4.78 is 11.3. The van der Waals surface area contributed by atoms with Gasteiger partial charge in [-0.25, -0.2) is 0 Å². The standard InChI is InChI=1S/C19H24N2O3/c1-3-5-12-24-17-11-10-14(13-18(17)23-4-2)19(22)21-16-9-7-6-8-15(16)20/h6-11,13H,3-5,12,20H2,1-2H3,(H,21,22). The minimum absolute atomic E-state index is 0.242. The van der Waals surface area contributed by atoms with E-state index in [2.05, 4.69) is 12.2 Å². The summed E-state index contributed by atoms with van der Waals surface area (Å²) in [7, 11) is 0. The van der Waals surface area contributed by atoms with E-state index in [-0.39, 0.29) is 5.91 Å². The molecule has 0 aliphatic heterocycles. The van der Waals surface area contributed by atoms with Gasteiger partial charge in [0.1, 0.15) is 0 Å². The van der Waals surface area contributed by atoms with E-state index in [0.717, 1.165) is 12.8 Å². The van der Waals surface area contributed by atoms with Crippen LogP contribution in [0.25, 0.3) is 0 Å². The Balaban J connectivity index is 2.16. The molecule has 128 valence electrons. The fourth-order valence-electron chi connectivity index (χ4n) is 2.17. The molecule has 0 radical (unpaired) electrons. The minimum Gasteiger partial charge on any atom is -0.490 e. The van der Waals surface area contributed by atoms with Crippen LogP contribution in [0.1, 0.15) is 37.0 Å². The summed E-state index contributed by atoms with van der Waals surface area (Å²) in [5.74, 6) is 0.984. The van der Waals surface area contributed by atoms with Gasteiger partial charge >= 0.3 is 0 Å². The predicted molar refractivity (Wildman–Crippen MR) is 96.8 cm³/mol. The molecule has 0 aromatic heterocycles. The first kappa shape index (κ1) is 17.7. The number of carbonyl (C=O) groups is 1. The molecule has 24 heavy (non-hydrogen) atoms. The highest BCUT2D eigenvalue weighted by Gasteiger charge is 2.12. The van der Waals surface area contributed by atoms with E-state index in [4.69, 9.17) is 15.2 Å². The maximum absolute atomic E-state index is 12.4. The van der Waals surface area contributed by atoms with Crippen LogP contribution >= 0.6 is 0 Å². The summed E-state index contributed by atoms with van der Waals surface area (Å²) >= 11 is 0. The number of hydrogen-bond acceptors (Lipinski definition) is 4. The van der Waals surface area contributed by atoms with E-state index < -0.39 is 0 Å². The second kappa shape index (κ2) is 8.82. The predicted octanol–water partition coefficient (Wildman–Crippen LogP) is 4.10. The van der Waals surface area contributed by atoms with E-state index in [9.17, 15) is 4.79 Å². The van der Waals surface area contributed by atoms with Gasteiger partial charge in [0.25, 0.3) is 5.91 Å². The molecule has 0 saturated heterocycles. The lowest BCUT2D eigenvalue weighted by Gasteiger charge is -2.13. The Morgan fingerprint density at radius 3 is 2.58 bits per heavy atom. The van der Waals surface area contributed by atoms with E-state index >= 15 is 0 Å². The number of benzene rings is 2. The second-order valence-electron chi connectivity index (χ2n) is 5.34. The number of anilines is 2. The Labute approximate surface area is 142 Å². The van der Waals surface area contributed by atoms with Gasteiger partial charge in [-0.3, -0.25) is 4.79 Å². The van der Waals surface area contributed by atoms with Gasteiger partial charge in [0, 0.05) is 5.56 Å². The van der Waals surface area contributed by atoms with Crippen LogP contribution < -0.4 is 20.5 Å². The highest BCUT2D eigenvalue weighted by Crippen LogP contribution is 2.29. The van der Waals surface area contributed by atoms with Gasteiger partial charge in [-0.2, -0.15) is 0 Å². The zero-order valence-corrected chi connectivity index (χ0v) is 14.2. The Hall–Kier alpha value is -2.69. The van der Waals surface area contributed by atoms with Crippen LogP contribution in [0.3, 0.4) is 0 Å². The number of carbonyl (C=O) groups excluding carboxylic acids is 1. The summed E-state index contributed by atoms with van der Waals surface area (Å²) in [5.41, 5.74) is 7.46. The summed E-state index contributed by atoms with van der Waals surface area (Å²) in [6, 6.07) is 12.3. The minimum atomic E-state index is -0.242. The van der Waals surface area contributed by atoms with E-state index in [1.165, 1.54) is 0 Å². The summed E-state index contributed by atoms with van der Waals surface area (Å²) in [6.45, 7) is 5.13. The van der Waals surface area contributed by atoms with Gasteiger partial charge in [0.05, 0.1) is 24.6 Å². The van der Waals surface area contributed by atoms with Gasteiger partial charge in [-0.05, 0) is 43.7 Å². The van der Waals surface area contributed by atoms with Crippen molar-refractivity contribution < 1.29 is 14.3 Å². The van der Waals surface area contributed by atoms with Gasteiger partial charge < -0.3 is 20.5 Å². The van der Waals surface area contributed by atoms with Gasteiger partial charge in [0.15, 0.2) is 11.5 Å². The lowest BCUT2D eigenvalue weighted by Crippen LogP contribution is -2.13. The number of rotatable bonds is 8. The van der Waals surface area contributed by atoms with Crippen molar-refractivity contribution in [1.29, 1.82) is 0 Å². The topological polar surface area (TPSA) is 73.6 Å². The number of amides is 1. The largest absolute Gasteiger partial charge is 0.490 e. The Kier molecular flexibility index (Phi) is 6.49. The van der Waals surface area contributed by atoms with Crippen molar-refractivity contribution in [2.24, 2.45) is 0 Å². The number of nitrogens with one attached hydrogen (secondary N) is 1. The zero-order chi connectivity index (χ0) is 17.4. The van der Waals surface area contributed by atoms with Crippen molar-refractivity contribution in [3.8, 4) is 11.5 Å². The SMILES string of the molecule is CCCCOc1ccc(C(=O)Nc2ccccc2N)cc1OCC. The van der Waals surface area contributed by atoms with Gasteiger partial charge in [0.2, 0.25) is 0 Å². The molecule has 1 amide bonds. The molecular formula is C19H24N2O3. The van der Waals surface area contributed by atoms with Crippen LogP contribution in [0.5, 0.6) is 11.5 Å². The van der Waals surface area contributed by atoms with E-state index in [1.54, 1.807) is 30.3 Å². The van der Waals surface area contributed by atoms with Gasteiger partial charge in [-0.1, -0.05) is 25.5 Å². The molecular weight excluding hydrogens is 304 g/mol. The maximum Gasteiger partial charge on any atom is 0.255 e. The lowest BCUT2D eigenvalue weighted by molar-refractivity contribution is 0.102. The molecule has 2 aromatic rings. The van der Waals surface area contributed by atoms with Crippen molar-refractivity contribution in [1.82, 2.24) is 0 Å². The molecule has 0 bridgehead atoms. The normalized spacial score (nSPS) is 10.2. The third-order valence-electron chi connectivity index (χ3n) is 3.47. The maximum atomic E-state index is 12.4. The number of unbranched alkanes of at least 4 members (excludes halogenated alkanes) is 1. The molecule has 2 rings (SSSR count). The Bertz CT molecular complexity index is 686. The third kappa shape index (κ3) is 4.65. The third-order valence-corrected chi connectivity index (χ3v) is 3.47. The number of nitrogens with two attached hydrogens (primary N) is 1. The van der Waals surface area contributed by atoms with Crippen LogP contribution in [0.4, 0.5) is 11.4 Å². The first-order valence-corrected chi connectivity index (χ1v) is 8.21. The molecule has 0 unspecified atom stereocenters. The van der Waals surface area contributed by atoms with E-state index in [1.807, 2.05) is 19.1 Å². The molecule has 2 aromatic carbocycles. The van der Waals surface area contributed by atoms with Crippen LogP contribution in [-0.4, -0.2) is 19.1 Å². The molecule has 0 heterocycles. The van der Waals surface area contributed by atoms with Crippen molar-refractivity contribution in [3.05, 3.63) is 48.0 Å². The van der Waals surface area contributed by atoms with Crippen molar-refractivity contribution >= 4 is 17.3 Å². The van der Waals surface area contributed by atoms with Crippen LogP contribution in [-0.2, 0) is 0 Å². The number of para-hydroxylation sites is 2. The average molecular weight is 328 g/mol. The Morgan fingerprint density at radius 1 is 1.08 bits per heavy atom. The summed E-state index contributed by atoms with van der Waals surface area (Å²) in [4.78, 5) is 12.4. The number of ether oxygens (including phenoxy) is 2. The monoisotopic (exact) mass is 328 g/mol. The molecule has 0 aliphatic carbocycles. The lowest BCUT2D eigenvalue weighted by atomic mass is 10.1. The fraction of sp³-hybridized carbons (Fsp3) is 0.316. The van der Waals surface area contributed by atoms with Crippen LogP contribution in [0, 0.1) is 0 Å². The number of nitrogen functional groups attached to an aromatic ring is 1. The summed E-state index contributed by atoms with van der Waals surface area (Å²) in [6.07, 6.45) is 2.03. The summed E-state index contributed by atoms with van der Waals surface area (Å²) in [5, 5.41) is 2.81. The highest BCUT2D eigenvalue weighted by molar-refractivity contribution is 6.06. The molecule has 5 nitrogen and oxygen atoms in total. The highest BCUT2D eigenvalue weighted by atomic mass is 16.5. The molecule has 0 aliphatic rings. The number of hydrogen-bond donors (Lipinski definition) is 2. The van der Waals surface area contributed by atoms with Crippen molar-refractivity contribution in [2.75, 3.05) is 24.3 Å². The van der Waals surface area contributed by atoms with Crippen molar-refractivity contribution in [2.45, 2.75) is 26.7 Å². The molecule has 0 atom stereocenters. The van der Waals surface area contributed by atoms with E-state index in [0.29, 0.717) is 41.7 Å². The first-order valence-electron chi connectivity index (χ1n) is 8.21. The average Bonchev–Trinajstić information content (AvgIpc) is 2.58. The fourth-order valence-corrected chi connectivity index (χ4v) is 2.17. The second-order valence-corrected chi connectivity index (χ2v) is 5.34. The Morgan fingerprint density at radius 2 is 1.88 bits per heavy atom. The quantitative estimate of drug-likeness (QED) is 0.565. The van der Waals surface area contributed by atoms with Crippen LogP contribution in [0.2, 0.25) is 0 Å². The van der Waals surface area contributed by atoms with Crippen molar-refractivity contribution in [3.63, 3.8) is 0 Å². The van der Waals surface area contributed by atoms with Gasteiger partial charge in [-0.15, -0.1) is 0 Å². The molecule has 0 fully saturated rings. The molecule has 5 heteroatoms.